The van der Waals surface area contributed by atoms with Gasteiger partial charge < -0.3 is 5.32 Å². The first-order chi connectivity index (χ1) is 8.22. The molecule has 96 valence electrons. The summed E-state index contributed by atoms with van der Waals surface area (Å²) in [7, 11) is 0. The minimum atomic E-state index is 0.553. The fourth-order valence-electron chi connectivity index (χ4n) is 1.69. The Morgan fingerprint density at radius 3 is 2.76 bits per heavy atom. The molecule has 1 atom stereocenters. The average Bonchev–Trinajstić information content (AvgIpc) is 2.34. The van der Waals surface area contributed by atoms with E-state index in [4.69, 9.17) is 0 Å². The van der Waals surface area contributed by atoms with Crippen LogP contribution in [0.4, 0.5) is 0 Å². The highest BCUT2D eigenvalue weighted by Gasteiger charge is 2.07. The number of aromatic nitrogens is 1. The number of pyridine rings is 1. The van der Waals surface area contributed by atoms with Gasteiger partial charge in [0.25, 0.3) is 0 Å². The van der Waals surface area contributed by atoms with Gasteiger partial charge in [-0.25, -0.2) is 0 Å². The smallest absolute Gasteiger partial charge is 0.0419 e. The lowest BCUT2D eigenvalue weighted by molar-refractivity contribution is 0.507. The first-order valence-electron chi connectivity index (χ1n) is 6.47. The topological polar surface area (TPSA) is 24.9 Å². The van der Waals surface area contributed by atoms with Crippen molar-refractivity contribution >= 4 is 11.8 Å². The van der Waals surface area contributed by atoms with Gasteiger partial charge in [-0.3, -0.25) is 4.98 Å². The Morgan fingerprint density at radius 2 is 2.18 bits per heavy atom. The molecule has 0 aliphatic rings. The molecule has 0 spiro atoms. The van der Waals surface area contributed by atoms with Crippen LogP contribution in [-0.2, 0) is 6.42 Å². The fraction of sp³-hybridized carbons (Fsp3) is 0.643. The van der Waals surface area contributed by atoms with Gasteiger partial charge in [0.05, 0.1) is 0 Å². The maximum atomic E-state index is 4.38. The van der Waals surface area contributed by atoms with Gasteiger partial charge in [-0.15, -0.1) is 0 Å². The van der Waals surface area contributed by atoms with E-state index in [2.05, 4.69) is 43.2 Å². The van der Waals surface area contributed by atoms with Crippen molar-refractivity contribution in [1.29, 1.82) is 0 Å². The van der Waals surface area contributed by atoms with Gasteiger partial charge in [0.2, 0.25) is 0 Å². The quantitative estimate of drug-likeness (QED) is 0.720. The third-order valence-corrected chi connectivity index (χ3v) is 3.77. The second-order valence-corrected chi connectivity index (χ2v) is 6.19. The van der Waals surface area contributed by atoms with Gasteiger partial charge in [-0.2, -0.15) is 11.8 Å². The normalized spacial score (nSPS) is 12.9. The molecule has 0 radical (unpaired) electrons. The first kappa shape index (κ1) is 14.5. The second kappa shape index (κ2) is 8.54. The number of thioether (sulfide) groups is 1. The van der Waals surface area contributed by atoms with Gasteiger partial charge in [0.15, 0.2) is 0 Å². The van der Waals surface area contributed by atoms with E-state index in [9.17, 15) is 0 Å². The molecule has 0 aliphatic carbocycles. The van der Waals surface area contributed by atoms with E-state index in [-0.39, 0.29) is 0 Å². The lowest BCUT2D eigenvalue weighted by atomic mass is 10.1. The zero-order valence-corrected chi connectivity index (χ0v) is 12.0. The lowest BCUT2D eigenvalue weighted by Crippen LogP contribution is -2.32. The molecule has 0 aliphatic heterocycles. The van der Waals surface area contributed by atoms with E-state index in [1.54, 1.807) is 0 Å². The molecule has 1 aromatic heterocycles. The molecular weight excluding hydrogens is 228 g/mol. The van der Waals surface area contributed by atoms with Crippen LogP contribution >= 0.6 is 11.8 Å². The van der Waals surface area contributed by atoms with Gasteiger partial charge in [0, 0.05) is 36.7 Å². The van der Waals surface area contributed by atoms with E-state index >= 15 is 0 Å². The molecule has 0 aromatic carbocycles. The van der Waals surface area contributed by atoms with E-state index < -0.39 is 0 Å². The van der Waals surface area contributed by atoms with Crippen LogP contribution in [0.5, 0.6) is 0 Å². The minimum absolute atomic E-state index is 0.553. The van der Waals surface area contributed by atoms with Crippen LogP contribution in [0.2, 0.25) is 0 Å². The van der Waals surface area contributed by atoms with Crippen molar-refractivity contribution in [3.8, 4) is 0 Å². The predicted molar refractivity (Wildman–Crippen MR) is 77.6 cm³/mol. The average molecular weight is 252 g/mol. The van der Waals surface area contributed by atoms with Crippen LogP contribution in [0.1, 0.15) is 32.9 Å². The zero-order chi connectivity index (χ0) is 12.5. The molecule has 1 heterocycles. The largest absolute Gasteiger partial charge is 0.313 e. The van der Waals surface area contributed by atoms with Gasteiger partial charge in [-0.05, 0) is 23.8 Å². The molecular formula is C14H24N2S. The Labute approximate surface area is 110 Å². The van der Waals surface area contributed by atoms with Crippen LogP contribution < -0.4 is 5.32 Å². The zero-order valence-electron chi connectivity index (χ0n) is 11.1. The highest BCUT2D eigenvalue weighted by Crippen LogP contribution is 2.08. The summed E-state index contributed by atoms with van der Waals surface area (Å²) in [4.78, 5) is 4.38. The summed E-state index contributed by atoms with van der Waals surface area (Å²) >= 11 is 2.01. The molecule has 0 fully saturated rings. The van der Waals surface area contributed by atoms with Gasteiger partial charge in [0.1, 0.15) is 0 Å². The Hall–Kier alpha value is -0.540. The third-order valence-electron chi connectivity index (χ3n) is 2.66. The summed E-state index contributed by atoms with van der Waals surface area (Å²) < 4.78 is 0. The highest BCUT2D eigenvalue weighted by atomic mass is 32.2. The molecule has 17 heavy (non-hydrogen) atoms. The number of hydrogen-bond acceptors (Lipinski definition) is 3. The van der Waals surface area contributed by atoms with Crippen LogP contribution in [0.15, 0.2) is 24.4 Å². The van der Waals surface area contributed by atoms with Crippen LogP contribution in [0.3, 0.4) is 0 Å². The number of nitrogens with zero attached hydrogens (tertiary/aromatic N) is 1. The van der Waals surface area contributed by atoms with Crippen molar-refractivity contribution in [3.05, 3.63) is 30.1 Å². The van der Waals surface area contributed by atoms with Crippen molar-refractivity contribution < 1.29 is 0 Å². The van der Waals surface area contributed by atoms with Crippen molar-refractivity contribution in [1.82, 2.24) is 10.3 Å². The van der Waals surface area contributed by atoms with Crippen molar-refractivity contribution in [2.45, 2.75) is 44.9 Å². The van der Waals surface area contributed by atoms with Crippen molar-refractivity contribution in [3.63, 3.8) is 0 Å². The monoisotopic (exact) mass is 252 g/mol. The summed E-state index contributed by atoms with van der Waals surface area (Å²) in [5.74, 6) is 1.19. The lowest BCUT2D eigenvalue weighted by Gasteiger charge is -2.16. The van der Waals surface area contributed by atoms with Gasteiger partial charge >= 0.3 is 0 Å². The van der Waals surface area contributed by atoms with Crippen molar-refractivity contribution in [2.24, 2.45) is 0 Å². The van der Waals surface area contributed by atoms with Crippen LogP contribution in [-0.4, -0.2) is 28.6 Å². The van der Waals surface area contributed by atoms with E-state index in [0.717, 1.165) is 24.6 Å². The molecule has 0 bridgehead atoms. The predicted octanol–water partition coefficient (Wildman–Crippen LogP) is 3.13. The van der Waals surface area contributed by atoms with Crippen molar-refractivity contribution in [2.75, 3.05) is 12.3 Å². The summed E-state index contributed by atoms with van der Waals surface area (Å²) in [6, 6.07) is 6.69. The maximum Gasteiger partial charge on any atom is 0.0419 e. The summed E-state index contributed by atoms with van der Waals surface area (Å²) in [5, 5.41) is 4.34. The summed E-state index contributed by atoms with van der Waals surface area (Å²) in [6.45, 7) is 7.82. The molecule has 1 unspecified atom stereocenters. The molecule has 3 heteroatoms. The molecule has 1 N–H and O–H groups in total. The molecule has 0 saturated heterocycles. The minimum Gasteiger partial charge on any atom is -0.313 e. The standard InChI is InChI=1S/C14H24N2S/c1-4-13(16-9-10-17-12(2)3)11-14-7-5-6-8-15-14/h5-8,12-13,16H,4,9-11H2,1-3H3. The molecule has 0 amide bonds. The Kier molecular flexibility index (Phi) is 7.29. The number of nitrogens with one attached hydrogen (secondary N) is 1. The number of hydrogen-bond donors (Lipinski definition) is 1. The van der Waals surface area contributed by atoms with Gasteiger partial charge in [-0.1, -0.05) is 26.8 Å². The van der Waals surface area contributed by atoms with E-state index in [0.29, 0.717) is 6.04 Å². The van der Waals surface area contributed by atoms with Crippen LogP contribution in [0.25, 0.3) is 0 Å². The number of rotatable bonds is 8. The Morgan fingerprint density at radius 1 is 1.35 bits per heavy atom. The fourth-order valence-corrected chi connectivity index (χ4v) is 2.40. The first-order valence-corrected chi connectivity index (χ1v) is 7.52. The molecule has 1 rings (SSSR count). The van der Waals surface area contributed by atoms with E-state index in [1.807, 2.05) is 24.0 Å². The molecule has 1 aromatic rings. The van der Waals surface area contributed by atoms with Crippen LogP contribution in [0, 0.1) is 0 Å². The SMILES string of the molecule is CCC(Cc1ccccn1)NCCSC(C)C. The maximum absolute atomic E-state index is 4.38. The summed E-state index contributed by atoms with van der Waals surface area (Å²) in [6.07, 6.45) is 4.06. The third kappa shape index (κ3) is 6.69. The Balaban J connectivity index is 2.24. The second-order valence-electron chi connectivity index (χ2n) is 4.50. The highest BCUT2D eigenvalue weighted by molar-refractivity contribution is 7.99. The summed E-state index contributed by atoms with van der Waals surface area (Å²) in [5.41, 5.74) is 1.18. The molecule has 2 nitrogen and oxygen atoms in total. The molecule has 0 saturated carbocycles. The Bertz CT molecular complexity index is 288. The van der Waals surface area contributed by atoms with E-state index in [1.165, 1.54) is 11.4 Å².